The number of rotatable bonds is 3. The van der Waals surface area contributed by atoms with Crippen LogP contribution in [-0.4, -0.2) is 15.4 Å². The van der Waals surface area contributed by atoms with Crippen LogP contribution in [0.2, 0.25) is 0 Å². The zero-order chi connectivity index (χ0) is 13.3. The van der Waals surface area contributed by atoms with Gasteiger partial charge in [-0.2, -0.15) is 0 Å². The van der Waals surface area contributed by atoms with Gasteiger partial charge in [0.15, 0.2) is 0 Å². The molecular weight excluding hydrogens is 222 g/mol. The fourth-order valence-electron chi connectivity index (χ4n) is 1.93. The highest BCUT2D eigenvalue weighted by Crippen LogP contribution is 2.19. The van der Waals surface area contributed by atoms with Gasteiger partial charge in [-0.05, 0) is 31.4 Å². The van der Waals surface area contributed by atoms with Crippen LogP contribution < -0.4 is 5.32 Å². The molecule has 0 saturated carbocycles. The maximum atomic E-state index is 4.58. The standard InChI is InChI=1S/C15H23N3/c1-11-13(10-16-12(2)15(3,4)5)18-9-7-6-8-14(18)17-11/h6-9,12,16H,10H2,1-5H3. The van der Waals surface area contributed by atoms with E-state index in [0.29, 0.717) is 6.04 Å². The molecule has 1 N–H and O–H groups in total. The third-order valence-electron chi connectivity index (χ3n) is 3.70. The van der Waals surface area contributed by atoms with Crippen molar-refractivity contribution in [2.24, 2.45) is 5.41 Å². The Labute approximate surface area is 109 Å². The molecule has 0 aliphatic heterocycles. The SMILES string of the molecule is Cc1nc2ccccn2c1CNC(C)C(C)(C)C. The second kappa shape index (κ2) is 4.73. The molecule has 2 aromatic heterocycles. The first kappa shape index (κ1) is 13.1. The number of fused-ring (bicyclic) bond motifs is 1. The Hall–Kier alpha value is -1.35. The topological polar surface area (TPSA) is 29.3 Å². The minimum atomic E-state index is 0.272. The van der Waals surface area contributed by atoms with Crippen LogP contribution in [0.4, 0.5) is 0 Å². The van der Waals surface area contributed by atoms with Crippen LogP contribution in [0.3, 0.4) is 0 Å². The van der Waals surface area contributed by atoms with Crippen molar-refractivity contribution in [1.29, 1.82) is 0 Å². The third-order valence-corrected chi connectivity index (χ3v) is 3.70. The molecule has 0 amide bonds. The lowest BCUT2D eigenvalue weighted by molar-refractivity contribution is 0.284. The number of imidazole rings is 1. The minimum absolute atomic E-state index is 0.272. The zero-order valence-electron chi connectivity index (χ0n) is 12.0. The molecule has 2 rings (SSSR count). The quantitative estimate of drug-likeness (QED) is 0.900. The number of hydrogen-bond donors (Lipinski definition) is 1. The van der Waals surface area contributed by atoms with Crippen LogP contribution in [0.25, 0.3) is 5.65 Å². The minimum Gasteiger partial charge on any atom is -0.308 e. The summed E-state index contributed by atoms with van der Waals surface area (Å²) in [5, 5.41) is 3.60. The Morgan fingerprint density at radius 3 is 2.72 bits per heavy atom. The zero-order valence-corrected chi connectivity index (χ0v) is 12.0. The first-order valence-corrected chi connectivity index (χ1v) is 6.55. The fraction of sp³-hybridized carbons (Fsp3) is 0.533. The van der Waals surface area contributed by atoms with Crippen LogP contribution in [0, 0.1) is 12.3 Å². The molecule has 0 radical (unpaired) electrons. The third kappa shape index (κ3) is 2.56. The lowest BCUT2D eigenvalue weighted by atomic mass is 9.88. The molecule has 98 valence electrons. The van der Waals surface area contributed by atoms with Gasteiger partial charge in [0.2, 0.25) is 0 Å². The van der Waals surface area contributed by atoms with E-state index in [1.165, 1.54) is 5.69 Å². The van der Waals surface area contributed by atoms with Crippen LogP contribution in [0.5, 0.6) is 0 Å². The molecule has 18 heavy (non-hydrogen) atoms. The Morgan fingerprint density at radius 1 is 1.33 bits per heavy atom. The highest BCUT2D eigenvalue weighted by Gasteiger charge is 2.20. The Kier molecular flexibility index (Phi) is 3.44. The molecule has 2 aromatic rings. The Morgan fingerprint density at radius 2 is 2.06 bits per heavy atom. The largest absolute Gasteiger partial charge is 0.308 e. The van der Waals surface area contributed by atoms with Gasteiger partial charge in [-0.3, -0.25) is 0 Å². The van der Waals surface area contributed by atoms with Crippen LogP contribution in [0.15, 0.2) is 24.4 Å². The Balaban J connectivity index is 2.20. The van der Waals surface area contributed by atoms with E-state index in [1.54, 1.807) is 0 Å². The molecule has 2 heterocycles. The first-order valence-electron chi connectivity index (χ1n) is 6.55. The number of nitrogens with zero attached hydrogens (tertiary/aromatic N) is 2. The van der Waals surface area contributed by atoms with E-state index < -0.39 is 0 Å². The summed E-state index contributed by atoms with van der Waals surface area (Å²) in [5.74, 6) is 0. The van der Waals surface area contributed by atoms with E-state index in [-0.39, 0.29) is 5.41 Å². The van der Waals surface area contributed by atoms with Gasteiger partial charge in [0.25, 0.3) is 0 Å². The first-order chi connectivity index (χ1) is 8.39. The summed E-state index contributed by atoms with van der Waals surface area (Å²) in [6, 6.07) is 6.58. The highest BCUT2D eigenvalue weighted by molar-refractivity contribution is 5.42. The molecule has 1 unspecified atom stereocenters. The maximum absolute atomic E-state index is 4.58. The summed E-state index contributed by atoms with van der Waals surface area (Å²) in [5.41, 5.74) is 3.65. The smallest absolute Gasteiger partial charge is 0.137 e. The maximum Gasteiger partial charge on any atom is 0.137 e. The van der Waals surface area contributed by atoms with Crippen molar-refractivity contribution in [3.8, 4) is 0 Å². The summed E-state index contributed by atoms with van der Waals surface area (Å²) in [4.78, 5) is 4.58. The van der Waals surface area contributed by atoms with Crippen molar-refractivity contribution in [1.82, 2.24) is 14.7 Å². The number of aryl methyl sites for hydroxylation is 1. The van der Waals surface area contributed by atoms with Gasteiger partial charge in [0, 0.05) is 18.8 Å². The summed E-state index contributed by atoms with van der Waals surface area (Å²) in [6.45, 7) is 11.9. The van der Waals surface area contributed by atoms with Crippen molar-refractivity contribution in [3.63, 3.8) is 0 Å². The van der Waals surface area contributed by atoms with Gasteiger partial charge < -0.3 is 9.72 Å². The molecule has 0 saturated heterocycles. The molecule has 0 aliphatic carbocycles. The molecule has 0 aromatic carbocycles. The van der Waals surface area contributed by atoms with Gasteiger partial charge in [-0.15, -0.1) is 0 Å². The summed E-state index contributed by atoms with van der Waals surface area (Å²) < 4.78 is 2.16. The molecular formula is C15H23N3. The monoisotopic (exact) mass is 245 g/mol. The van der Waals surface area contributed by atoms with Crippen molar-refractivity contribution in [3.05, 3.63) is 35.8 Å². The van der Waals surface area contributed by atoms with E-state index in [0.717, 1.165) is 17.9 Å². The molecule has 0 bridgehead atoms. The second-order valence-electron chi connectivity index (χ2n) is 6.04. The second-order valence-corrected chi connectivity index (χ2v) is 6.04. The molecule has 1 atom stereocenters. The van der Waals surface area contributed by atoms with Crippen LogP contribution >= 0.6 is 0 Å². The number of nitrogens with one attached hydrogen (secondary N) is 1. The van der Waals surface area contributed by atoms with E-state index in [9.17, 15) is 0 Å². The predicted octanol–water partition coefficient (Wildman–Crippen LogP) is 3.17. The highest BCUT2D eigenvalue weighted by atomic mass is 15.0. The summed E-state index contributed by atoms with van der Waals surface area (Å²) >= 11 is 0. The molecule has 0 aliphatic rings. The van der Waals surface area contributed by atoms with Crippen molar-refractivity contribution < 1.29 is 0 Å². The molecule has 3 nitrogen and oxygen atoms in total. The molecule has 0 fully saturated rings. The van der Waals surface area contributed by atoms with Crippen molar-refractivity contribution in [2.45, 2.75) is 47.2 Å². The van der Waals surface area contributed by atoms with E-state index in [2.05, 4.69) is 55.5 Å². The fourth-order valence-corrected chi connectivity index (χ4v) is 1.93. The van der Waals surface area contributed by atoms with Gasteiger partial charge >= 0.3 is 0 Å². The van der Waals surface area contributed by atoms with Crippen LogP contribution in [0.1, 0.15) is 39.1 Å². The van der Waals surface area contributed by atoms with Crippen molar-refractivity contribution >= 4 is 5.65 Å². The summed E-state index contributed by atoms with van der Waals surface area (Å²) in [6.07, 6.45) is 2.08. The van der Waals surface area contributed by atoms with Gasteiger partial charge in [-0.1, -0.05) is 26.8 Å². The van der Waals surface area contributed by atoms with Gasteiger partial charge in [0.1, 0.15) is 5.65 Å². The number of pyridine rings is 1. The van der Waals surface area contributed by atoms with Gasteiger partial charge in [-0.25, -0.2) is 4.98 Å². The average molecular weight is 245 g/mol. The number of hydrogen-bond acceptors (Lipinski definition) is 2. The van der Waals surface area contributed by atoms with E-state index in [1.807, 2.05) is 18.2 Å². The molecule has 0 spiro atoms. The van der Waals surface area contributed by atoms with Crippen LogP contribution in [-0.2, 0) is 6.54 Å². The van der Waals surface area contributed by atoms with E-state index >= 15 is 0 Å². The lowest BCUT2D eigenvalue weighted by Crippen LogP contribution is -2.37. The normalized spacial score (nSPS) is 14.1. The lowest BCUT2D eigenvalue weighted by Gasteiger charge is -2.28. The number of aromatic nitrogens is 2. The summed E-state index contributed by atoms with van der Waals surface area (Å²) in [7, 11) is 0. The molecule has 3 heteroatoms. The van der Waals surface area contributed by atoms with Crippen molar-refractivity contribution in [2.75, 3.05) is 0 Å². The Bertz CT molecular complexity index is 534. The van der Waals surface area contributed by atoms with E-state index in [4.69, 9.17) is 0 Å². The average Bonchev–Trinajstić information content (AvgIpc) is 2.60. The predicted molar refractivity (Wildman–Crippen MR) is 75.7 cm³/mol. The van der Waals surface area contributed by atoms with Gasteiger partial charge in [0.05, 0.1) is 11.4 Å².